The summed E-state index contributed by atoms with van der Waals surface area (Å²) in [5.74, 6) is 0.558. The number of hydrogen-bond acceptors (Lipinski definition) is 4. The Bertz CT molecular complexity index is 667. The summed E-state index contributed by atoms with van der Waals surface area (Å²) in [5.41, 5.74) is 3.28. The van der Waals surface area contributed by atoms with Crippen molar-refractivity contribution in [2.45, 2.75) is 33.5 Å². The van der Waals surface area contributed by atoms with Crippen LogP contribution in [0.15, 0.2) is 42.6 Å². The SMILES string of the molecule is CCN(CC)Cc1ccc(CNC(=O)NCc2ccc(OC)nc2)cc1. The summed E-state index contributed by atoms with van der Waals surface area (Å²) in [4.78, 5) is 18.4. The molecule has 140 valence electrons. The second kappa shape index (κ2) is 10.4. The van der Waals surface area contributed by atoms with Crippen molar-refractivity contribution in [3.8, 4) is 5.88 Å². The lowest BCUT2D eigenvalue weighted by molar-refractivity contribution is 0.240. The molecule has 0 saturated carbocycles. The van der Waals surface area contributed by atoms with Gasteiger partial charge in [0, 0.05) is 31.9 Å². The van der Waals surface area contributed by atoms with Crippen molar-refractivity contribution in [3.05, 3.63) is 59.3 Å². The van der Waals surface area contributed by atoms with Crippen molar-refractivity contribution in [2.75, 3.05) is 20.2 Å². The normalized spacial score (nSPS) is 10.6. The second-order valence-electron chi connectivity index (χ2n) is 6.02. The summed E-state index contributed by atoms with van der Waals surface area (Å²) >= 11 is 0. The highest BCUT2D eigenvalue weighted by Gasteiger charge is 2.04. The summed E-state index contributed by atoms with van der Waals surface area (Å²) in [7, 11) is 1.57. The summed E-state index contributed by atoms with van der Waals surface area (Å²) in [5, 5.41) is 5.69. The van der Waals surface area contributed by atoms with Crippen LogP contribution < -0.4 is 15.4 Å². The molecule has 1 aromatic heterocycles. The lowest BCUT2D eigenvalue weighted by atomic mass is 10.1. The first-order valence-corrected chi connectivity index (χ1v) is 8.95. The molecule has 6 heteroatoms. The number of aromatic nitrogens is 1. The van der Waals surface area contributed by atoms with Gasteiger partial charge in [0.2, 0.25) is 5.88 Å². The number of hydrogen-bond donors (Lipinski definition) is 2. The van der Waals surface area contributed by atoms with E-state index in [0.717, 1.165) is 30.8 Å². The third kappa shape index (κ3) is 6.37. The number of pyridine rings is 1. The van der Waals surface area contributed by atoms with E-state index in [-0.39, 0.29) is 6.03 Å². The zero-order valence-corrected chi connectivity index (χ0v) is 15.8. The number of carbonyl (C=O) groups is 1. The maximum absolute atomic E-state index is 11.9. The average Bonchev–Trinajstić information content (AvgIpc) is 2.70. The van der Waals surface area contributed by atoms with Gasteiger partial charge in [-0.15, -0.1) is 0 Å². The highest BCUT2D eigenvalue weighted by Crippen LogP contribution is 2.08. The van der Waals surface area contributed by atoms with E-state index in [1.54, 1.807) is 19.4 Å². The number of benzene rings is 1. The monoisotopic (exact) mass is 356 g/mol. The smallest absolute Gasteiger partial charge is 0.315 e. The first kappa shape index (κ1) is 19.7. The minimum Gasteiger partial charge on any atom is -0.481 e. The average molecular weight is 356 g/mol. The van der Waals surface area contributed by atoms with Gasteiger partial charge < -0.3 is 15.4 Å². The Kier molecular flexibility index (Phi) is 7.89. The van der Waals surface area contributed by atoms with Crippen LogP contribution in [-0.2, 0) is 19.6 Å². The molecule has 0 aliphatic carbocycles. The molecule has 2 rings (SSSR count). The van der Waals surface area contributed by atoms with Crippen LogP contribution in [0.4, 0.5) is 4.79 Å². The lowest BCUT2D eigenvalue weighted by Crippen LogP contribution is -2.34. The van der Waals surface area contributed by atoms with Crippen LogP contribution in [0, 0.1) is 0 Å². The molecule has 2 aromatic rings. The third-order valence-corrected chi connectivity index (χ3v) is 4.24. The van der Waals surface area contributed by atoms with Gasteiger partial charge in [-0.3, -0.25) is 4.90 Å². The first-order valence-electron chi connectivity index (χ1n) is 8.95. The Morgan fingerprint density at radius 2 is 1.54 bits per heavy atom. The fraction of sp³-hybridized carbons (Fsp3) is 0.400. The number of urea groups is 1. The molecule has 26 heavy (non-hydrogen) atoms. The molecular weight excluding hydrogens is 328 g/mol. The predicted molar refractivity (Wildman–Crippen MR) is 103 cm³/mol. The largest absolute Gasteiger partial charge is 0.481 e. The Labute approximate surface area is 155 Å². The van der Waals surface area contributed by atoms with Crippen molar-refractivity contribution >= 4 is 6.03 Å². The fourth-order valence-electron chi connectivity index (χ4n) is 2.53. The Hall–Kier alpha value is -2.60. The van der Waals surface area contributed by atoms with Gasteiger partial charge in [-0.1, -0.05) is 44.2 Å². The second-order valence-corrected chi connectivity index (χ2v) is 6.02. The fourth-order valence-corrected chi connectivity index (χ4v) is 2.53. The van der Waals surface area contributed by atoms with Gasteiger partial charge in [-0.2, -0.15) is 0 Å². The Morgan fingerprint density at radius 3 is 2.08 bits per heavy atom. The third-order valence-electron chi connectivity index (χ3n) is 4.24. The number of amides is 2. The number of nitrogens with zero attached hydrogens (tertiary/aromatic N) is 2. The van der Waals surface area contributed by atoms with Crippen LogP contribution in [0.3, 0.4) is 0 Å². The molecule has 0 bridgehead atoms. The van der Waals surface area contributed by atoms with Crippen LogP contribution in [0.5, 0.6) is 5.88 Å². The highest BCUT2D eigenvalue weighted by molar-refractivity contribution is 5.73. The van der Waals surface area contributed by atoms with E-state index in [1.165, 1.54) is 5.56 Å². The number of methoxy groups -OCH3 is 1. The van der Waals surface area contributed by atoms with Crippen LogP contribution >= 0.6 is 0 Å². The van der Waals surface area contributed by atoms with Gasteiger partial charge in [0.25, 0.3) is 0 Å². The minimum atomic E-state index is -0.201. The van der Waals surface area contributed by atoms with Crippen molar-refractivity contribution in [1.82, 2.24) is 20.5 Å². The standard InChI is InChI=1S/C20H28N4O2/c1-4-24(5-2)15-17-8-6-16(7-9-17)12-22-20(25)23-14-18-10-11-19(26-3)21-13-18/h6-11,13H,4-5,12,14-15H2,1-3H3,(H2,22,23,25). The van der Waals surface area contributed by atoms with Crippen molar-refractivity contribution in [2.24, 2.45) is 0 Å². The highest BCUT2D eigenvalue weighted by atomic mass is 16.5. The van der Waals surface area contributed by atoms with E-state index >= 15 is 0 Å². The van der Waals surface area contributed by atoms with Crippen molar-refractivity contribution in [3.63, 3.8) is 0 Å². The van der Waals surface area contributed by atoms with Crippen LogP contribution in [0.2, 0.25) is 0 Å². The van der Waals surface area contributed by atoms with E-state index < -0.39 is 0 Å². The molecule has 0 radical (unpaired) electrons. The molecule has 0 fully saturated rings. The van der Waals surface area contributed by atoms with E-state index in [9.17, 15) is 4.79 Å². The lowest BCUT2D eigenvalue weighted by Gasteiger charge is -2.18. The zero-order valence-electron chi connectivity index (χ0n) is 15.8. The van der Waals surface area contributed by atoms with E-state index in [2.05, 4.69) is 58.6 Å². The maximum atomic E-state index is 11.9. The van der Waals surface area contributed by atoms with Crippen molar-refractivity contribution in [1.29, 1.82) is 0 Å². The first-order chi connectivity index (χ1) is 12.6. The Balaban J connectivity index is 1.74. The van der Waals surface area contributed by atoms with Gasteiger partial charge in [-0.05, 0) is 29.8 Å². The summed E-state index contributed by atoms with van der Waals surface area (Å²) in [6.45, 7) is 8.30. The number of ether oxygens (including phenoxy) is 1. The van der Waals surface area contributed by atoms with E-state index in [4.69, 9.17) is 4.74 Å². The van der Waals surface area contributed by atoms with Gasteiger partial charge in [0.05, 0.1) is 7.11 Å². The molecule has 1 heterocycles. The van der Waals surface area contributed by atoms with Gasteiger partial charge in [0.1, 0.15) is 0 Å². The molecule has 0 spiro atoms. The zero-order chi connectivity index (χ0) is 18.8. The van der Waals surface area contributed by atoms with Gasteiger partial charge in [0.15, 0.2) is 0 Å². The molecule has 6 nitrogen and oxygen atoms in total. The van der Waals surface area contributed by atoms with Crippen molar-refractivity contribution < 1.29 is 9.53 Å². The molecule has 2 N–H and O–H groups in total. The Morgan fingerprint density at radius 1 is 0.962 bits per heavy atom. The molecule has 1 aromatic carbocycles. The van der Waals surface area contributed by atoms with Crippen LogP contribution in [-0.4, -0.2) is 36.1 Å². The molecule has 0 atom stereocenters. The van der Waals surface area contributed by atoms with Gasteiger partial charge in [-0.25, -0.2) is 9.78 Å². The summed E-state index contributed by atoms with van der Waals surface area (Å²) < 4.78 is 5.01. The topological polar surface area (TPSA) is 66.5 Å². The molecule has 0 unspecified atom stereocenters. The summed E-state index contributed by atoms with van der Waals surface area (Å²) in [6.07, 6.45) is 1.69. The number of rotatable bonds is 9. The van der Waals surface area contributed by atoms with Crippen LogP contribution in [0.25, 0.3) is 0 Å². The molecule has 0 aliphatic heterocycles. The maximum Gasteiger partial charge on any atom is 0.315 e. The number of carbonyl (C=O) groups excluding carboxylic acids is 1. The van der Waals surface area contributed by atoms with E-state index in [0.29, 0.717) is 19.0 Å². The quantitative estimate of drug-likeness (QED) is 0.725. The molecule has 2 amide bonds. The predicted octanol–water partition coefficient (Wildman–Crippen LogP) is 2.93. The molecule has 0 aliphatic rings. The summed E-state index contributed by atoms with van der Waals surface area (Å²) in [6, 6.07) is 11.8. The molecular formula is C20H28N4O2. The van der Waals surface area contributed by atoms with Gasteiger partial charge >= 0.3 is 6.03 Å². The molecule has 0 saturated heterocycles. The minimum absolute atomic E-state index is 0.201. The number of nitrogens with one attached hydrogen (secondary N) is 2. The van der Waals surface area contributed by atoms with E-state index in [1.807, 2.05) is 6.07 Å². The van der Waals surface area contributed by atoms with Crippen LogP contribution in [0.1, 0.15) is 30.5 Å².